The van der Waals surface area contributed by atoms with Crippen LogP contribution in [0.1, 0.15) is 75.7 Å². The highest BCUT2D eigenvalue weighted by Crippen LogP contribution is 2.50. The van der Waals surface area contributed by atoms with Gasteiger partial charge in [-0.25, -0.2) is 13.8 Å². The number of hydrogen-bond acceptors (Lipinski definition) is 9. The van der Waals surface area contributed by atoms with Gasteiger partial charge in [-0.2, -0.15) is 0 Å². The summed E-state index contributed by atoms with van der Waals surface area (Å²) < 4.78 is 40.7. The molecule has 0 saturated carbocycles. The summed E-state index contributed by atoms with van der Waals surface area (Å²) in [4.78, 5) is 26.9. The molecule has 1 aliphatic carbocycles. The number of carbonyl (C=O) groups excluding carboxylic acids is 1. The summed E-state index contributed by atoms with van der Waals surface area (Å²) in [5, 5.41) is 13.2. The average Bonchev–Trinajstić information content (AvgIpc) is 3.96. The van der Waals surface area contributed by atoms with Gasteiger partial charge in [0, 0.05) is 30.1 Å². The second-order valence-electron chi connectivity index (χ2n) is 13.1. The van der Waals surface area contributed by atoms with Crippen molar-refractivity contribution in [1.82, 2.24) is 25.1 Å². The van der Waals surface area contributed by atoms with Crippen LogP contribution in [0.25, 0.3) is 32.0 Å². The maximum atomic E-state index is 14.8. The number of rotatable bonds is 8. The molecule has 252 valence electrons. The van der Waals surface area contributed by atoms with Crippen LogP contribution in [0.5, 0.6) is 5.75 Å². The molecule has 1 amide bonds. The van der Waals surface area contributed by atoms with Crippen molar-refractivity contribution < 1.29 is 22.7 Å². The molecule has 2 atom stereocenters. The topological polar surface area (TPSA) is 106 Å². The monoisotopic (exact) mass is 690 g/mol. The van der Waals surface area contributed by atoms with Crippen molar-refractivity contribution >= 4 is 33.1 Å². The van der Waals surface area contributed by atoms with Crippen LogP contribution >= 0.6 is 11.3 Å². The number of ether oxygens (including phenoxy) is 1. The third-order valence-corrected chi connectivity index (χ3v) is 11.3. The molecule has 0 bridgehead atoms. The van der Waals surface area contributed by atoms with Gasteiger partial charge in [0.1, 0.15) is 11.6 Å². The molecule has 6 heterocycles. The predicted octanol–water partition coefficient (Wildman–Crippen LogP) is 8.18. The predicted molar refractivity (Wildman–Crippen MR) is 185 cm³/mol. The summed E-state index contributed by atoms with van der Waals surface area (Å²) in [6.07, 6.45) is 6.25. The Balaban J connectivity index is 1.19. The van der Waals surface area contributed by atoms with Crippen LogP contribution in [0, 0.1) is 18.6 Å². The van der Waals surface area contributed by atoms with E-state index in [0.29, 0.717) is 48.1 Å². The zero-order valence-electron chi connectivity index (χ0n) is 27.4. The molecule has 3 aliphatic rings. The lowest BCUT2D eigenvalue weighted by Crippen LogP contribution is -2.22. The van der Waals surface area contributed by atoms with Gasteiger partial charge in [-0.15, -0.1) is 21.5 Å². The molecule has 1 saturated heterocycles. The summed E-state index contributed by atoms with van der Waals surface area (Å²) >= 11 is 1.54. The standard InChI is InChI=1S/C38H32F2N6O3S/c1-19-44-45-37(49-19)31-27(11-7-20-5-9-23(39)10-6-20)42-34-28-4-3-15-46(28)38(47)33(34)32(31)30-17-22-13-14-41-36(35(22)50-30)43-26-12-8-21-16-29(48-2)25(40)18-24(21)26/h5-6,9-10,13-14,16-18,26,28H,3-4,7-8,11-12,15H2,1-2H3,(H,41,43)/t26-,28?/m1/s1. The van der Waals surface area contributed by atoms with Gasteiger partial charge in [-0.05, 0) is 97.0 Å². The first kappa shape index (κ1) is 30.8. The minimum atomic E-state index is -0.389. The molecule has 2 aromatic carbocycles. The zero-order valence-corrected chi connectivity index (χ0v) is 28.2. The normalized spacial score (nSPS) is 17.8. The summed E-state index contributed by atoms with van der Waals surface area (Å²) in [5.41, 5.74) is 6.42. The summed E-state index contributed by atoms with van der Waals surface area (Å²) in [5.74, 6) is 0.929. The third kappa shape index (κ3) is 5.03. The number of halogens is 2. The first-order valence-electron chi connectivity index (χ1n) is 16.8. The summed E-state index contributed by atoms with van der Waals surface area (Å²) in [6.45, 7) is 2.42. The fourth-order valence-corrected chi connectivity index (χ4v) is 8.95. The molecule has 0 spiro atoms. The second-order valence-corrected chi connectivity index (χ2v) is 14.1. The summed E-state index contributed by atoms with van der Waals surface area (Å²) in [6, 6.07) is 13.7. The quantitative estimate of drug-likeness (QED) is 0.171. The van der Waals surface area contributed by atoms with Crippen molar-refractivity contribution in [1.29, 1.82) is 0 Å². The lowest BCUT2D eigenvalue weighted by atomic mass is 9.93. The number of methoxy groups -OCH3 is 1. The molecule has 0 radical (unpaired) electrons. The van der Waals surface area contributed by atoms with Crippen molar-refractivity contribution in [3.05, 3.63) is 106 Å². The highest BCUT2D eigenvalue weighted by atomic mass is 32.1. The number of anilines is 1. The number of nitrogens with zero attached hydrogens (tertiary/aromatic N) is 5. The van der Waals surface area contributed by atoms with E-state index in [-0.39, 0.29) is 35.4 Å². The van der Waals surface area contributed by atoms with Crippen LogP contribution in [-0.4, -0.2) is 44.6 Å². The van der Waals surface area contributed by atoms with E-state index in [2.05, 4.69) is 21.6 Å². The summed E-state index contributed by atoms with van der Waals surface area (Å²) in [7, 11) is 1.48. The van der Waals surface area contributed by atoms with Gasteiger partial charge in [-0.3, -0.25) is 9.78 Å². The largest absolute Gasteiger partial charge is 0.494 e. The van der Waals surface area contributed by atoms with Crippen molar-refractivity contribution in [3.63, 3.8) is 0 Å². The van der Waals surface area contributed by atoms with Gasteiger partial charge < -0.3 is 19.4 Å². The first-order chi connectivity index (χ1) is 24.4. The van der Waals surface area contributed by atoms with Crippen LogP contribution < -0.4 is 10.1 Å². The molecule has 50 heavy (non-hydrogen) atoms. The Morgan fingerprint density at radius 3 is 2.70 bits per heavy atom. The highest BCUT2D eigenvalue weighted by Gasteiger charge is 2.45. The van der Waals surface area contributed by atoms with E-state index in [1.165, 1.54) is 30.6 Å². The van der Waals surface area contributed by atoms with E-state index in [9.17, 15) is 13.6 Å². The van der Waals surface area contributed by atoms with E-state index >= 15 is 0 Å². The number of benzene rings is 2. The Kier molecular flexibility index (Phi) is 7.38. The van der Waals surface area contributed by atoms with Gasteiger partial charge in [0.2, 0.25) is 11.8 Å². The highest BCUT2D eigenvalue weighted by molar-refractivity contribution is 7.23. The van der Waals surface area contributed by atoms with Crippen molar-refractivity contribution in [2.45, 2.75) is 57.5 Å². The second kappa shape index (κ2) is 12.0. The van der Waals surface area contributed by atoms with Gasteiger partial charge in [0.05, 0.1) is 46.4 Å². The van der Waals surface area contributed by atoms with Gasteiger partial charge in [0.15, 0.2) is 11.6 Å². The van der Waals surface area contributed by atoms with Gasteiger partial charge in [0.25, 0.3) is 5.91 Å². The molecule has 2 aliphatic heterocycles. The molecule has 1 unspecified atom stereocenters. The molecule has 9 rings (SSSR count). The zero-order chi connectivity index (χ0) is 34.1. The Hall–Kier alpha value is -5.23. The van der Waals surface area contributed by atoms with Crippen LogP contribution in [-0.2, 0) is 19.3 Å². The minimum Gasteiger partial charge on any atom is -0.494 e. The maximum Gasteiger partial charge on any atom is 0.257 e. The minimum absolute atomic E-state index is 0.0403. The fraction of sp³-hybridized carbons (Fsp3) is 0.289. The first-order valence-corrected chi connectivity index (χ1v) is 17.6. The fourth-order valence-electron chi connectivity index (χ4n) is 7.79. The molecular weight excluding hydrogens is 659 g/mol. The molecule has 1 fully saturated rings. The number of pyridine rings is 2. The Labute approximate surface area is 290 Å². The number of aryl methyl sites for hydroxylation is 4. The van der Waals surface area contributed by atoms with E-state index in [0.717, 1.165) is 74.3 Å². The SMILES string of the molecule is COc1cc2c(cc1F)[C@H](Nc1nccc3cc(-c4c5c(nc(CCc6ccc(F)cc6)c4-c4nnc(C)o4)C4CCCN4C5=O)sc13)CC2. The van der Waals surface area contributed by atoms with Crippen LogP contribution in [0.2, 0.25) is 0 Å². The van der Waals surface area contributed by atoms with Crippen molar-refractivity contribution in [2.24, 2.45) is 0 Å². The Bertz CT molecular complexity index is 2320. The molecule has 4 aromatic heterocycles. The van der Waals surface area contributed by atoms with E-state index < -0.39 is 0 Å². The number of carbonyl (C=O) groups is 1. The molecule has 1 N–H and O–H groups in total. The number of hydrogen-bond donors (Lipinski definition) is 1. The van der Waals surface area contributed by atoms with Crippen LogP contribution in [0.3, 0.4) is 0 Å². The Morgan fingerprint density at radius 2 is 1.90 bits per heavy atom. The number of nitrogens with one attached hydrogen (secondary N) is 1. The molecule has 12 heteroatoms. The van der Waals surface area contributed by atoms with Gasteiger partial charge >= 0.3 is 0 Å². The number of fused-ring (bicyclic) bond motifs is 5. The molecular formula is C38H32F2N6O3S. The lowest BCUT2D eigenvalue weighted by molar-refractivity contribution is 0.0776. The van der Waals surface area contributed by atoms with Crippen molar-refractivity contribution in [2.75, 3.05) is 19.0 Å². The smallest absolute Gasteiger partial charge is 0.257 e. The van der Waals surface area contributed by atoms with Gasteiger partial charge in [-0.1, -0.05) is 12.1 Å². The lowest BCUT2D eigenvalue weighted by Gasteiger charge is -2.16. The number of amides is 1. The average molecular weight is 691 g/mol. The Morgan fingerprint density at radius 1 is 1.04 bits per heavy atom. The number of thiophene rings is 1. The third-order valence-electron chi connectivity index (χ3n) is 10.1. The molecule has 6 aromatic rings. The van der Waals surface area contributed by atoms with Crippen LogP contribution in [0.15, 0.2) is 59.1 Å². The van der Waals surface area contributed by atoms with Crippen molar-refractivity contribution in [3.8, 4) is 27.6 Å². The molecule has 9 nitrogen and oxygen atoms in total. The maximum absolute atomic E-state index is 14.8. The van der Waals surface area contributed by atoms with E-state index in [1.54, 1.807) is 37.4 Å². The number of aromatic nitrogens is 4. The van der Waals surface area contributed by atoms with E-state index in [1.807, 2.05) is 11.0 Å². The van der Waals surface area contributed by atoms with E-state index in [4.69, 9.17) is 19.1 Å². The van der Waals surface area contributed by atoms with Crippen LogP contribution in [0.4, 0.5) is 14.6 Å².